The summed E-state index contributed by atoms with van der Waals surface area (Å²) in [5, 5.41) is 19.5. The summed E-state index contributed by atoms with van der Waals surface area (Å²) in [7, 11) is 0. The summed E-state index contributed by atoms with van der Waals surface area (Å²) in [6.07, 6.45) is 19.7. The van der Waals surface area contributed by atoms with Crippen molar-refractivity contribution in [1.82, 2.24) is 34.7 Å². The molecule has 504 valence electrons. The third-order valence-electron chi connectivity index (χ3n) is 19.0. The minimum Gasteiger partial charge on any atom is -1.00 e. The molecule has 12 aliphatic heterocycles. The smallest absolute Gasteiger partial charge is 0.221 e. The molecule has 12 aliphatic rings. The third-order valence-corrected chi connectivity index (χ3v) is 21.2. The van der Waals surface area contributed by atoms with Gasteiger partial charge in [0, 0.05) is 111 Å². The highest BCUT2D eigenvalue weighted by molar-refractivity contribution is 14.1. The highest BCUT2D eigenvalue weighted by Gasteiger charge is 2.39. The van der Waals surface area contributed by atoms with Crippen LogP contribution >= 0.6 is 67.8 Å². The van der Waals surface area contributed by atoms with Gasteiger partial charge in [-0.15, -0.1) is 4.99 Å². The number of unbranched alkanes of at least 4 members (excludes halogenated alkanes) is 8. The van der Waals surface area contributed by atoms with Gasteiger partial charge < -0.3 is 119 Å². The molecule has 14 rings (SSSR count). The number of hydrogen-bond donors (Lipinski definition) is 6. The summed E-state index contributed by atoms with van der Waals surface area (Å²) in [4.78, 5) is 21.8. The summed E-state index contributed by atoms with van der Waals surface area (Å²) in [6, 6.07) is 21.1. The number of fused-ring (bicyclic) bond motifs is 12. The molecule has 0 saturated carbocycles. The Morgan fingerprint density at radius 1 is 0.455 bits per heavy atom. The van der Waals surface area contributed by atoms with E-state index in [9.17, 15) is 0 Å². The van der Waals surface area contributed by atoms with Gasteiger partial charge in [0.1, 0.15) is 0 Å². The minimum atomic E-state index is -0.197. The number of nitriles is 1. The summed E-state index contributed by atoms with van der Waals surface area (Å²) in [5.74, 6) is -0.0720. The van der Waals surface area contributed by atoms with Gasteiger partial charge in [-0.2, -0.15) is 10.3 Å². The Bertz CT molecular complexity index is 2070. The summed E-state index contributed by atoms with van der Waals surface area (Å²) in [5.41, 5.74) is 23.1. The van der Waals surface area contributed by atoms with Crippen LogP contribution in [-0.2, 0) is 12.8 Å². The van der Waals surface area contributed by atoms with Gasteiger partial charge in [-0.1, -0.05) is 135 Å². The summed E-state index contributed by atoms with van der Waals surface area (Å²) >= 11 is 7.34. The first-order chi connectivity index (χ1) is 41.4. The van der Waals surface area contributed by atoms with Crippen LogP contribution in [0.25, 0.3) is 0 Å². The standard InChI is InChI=1S/C21H36N7.C19H32N3.C11H22IN2.C6H12N2.C5H10I2.C2H4N4.3HI/c22-20(23)25-21(24)27(11-9-19-7-3-1-4-8-19)10-5-2-6-15-28-16-12-26(13-17-28)14-18-28;1-3-7-19(8-4-1)9-11-20-10-5-2-6-15-22-16-12-21(13-17-22)14-18-22;12-4-2-1-3-8-14-9-5-13(6-10-14)7-11-14;1-2-8-5-3-7(1)4-6-8;6-4-2-1-3-5-7;3-1-6-2(4)5;;;/h1,3-4,7-8H,2,5-6,9-18H2,(H5,22,23,24,25);1,3-4,7-8,20H,2,5-6,9-18H2;1-11H2;1-6H2;1-5H2;(H4,4,5,6);3*1H/q3*+1;;;;;;/p-3. The van der Waals surface area contributed by atoms with Crippen molar-refractivity contribution in [1.29, 1.82) is 10.7 Å². The molecule has 12 heterocycles. The van der Waals surface area contributed by atoms with Crippen molar-refractivity contribution >= 4 is 85.7 Å². The number of aliphatic imine (C=N–C) groups is 2. The van der Waals surface area contributed by atoms with Crippen LogP contribution < -0.4 is 100 Å². The molecule has 88 heavy (non-hydrogen) atoms. The third kappa shape index (κ3) is 35.1. The van der Waals surface area contributed by atoms with E-state index in [1.54, 1.807) is 0 Å². The number of alkyl halides is 3. The van der Waals surface area contributed by atoms with Crippen LogP contribution in [0.1, 0.15) is 88.2 Å². The predicted molar refractivity (Wildman–Crippen MR) is 383 cm³/mol. The van der Waals surface area contributed by atoms with E-state index in [1.807, 2.05) is 11.0 Å². The fourth-order valence-electron chi connectivity index (χ4n) is 13.1. The molecule has 0 radical (unpaired) electrons. The largest absolute Gasteiger partial charge is 1.00 e. The molecular formula is C64H116I6N18. The van der Waals surface area contributed by atoms with Gasteiger partial charge in [-0.3, -0.25) is 29.9 Å². The van der Waals surface area contributed by atoms with Gasteiger partial charge >= 0.3 is 0 Å². The quantitative estimate of drug-likeness (QED) is 0.0103. The SMILES string of the molecule is C1CN2CCN1CC2.ICCCCCI.ICCCCC[N+]12CCN(CC1)CC2.N#CN=C(N)N.N=C(N=C(N)N)N(CCCCC[N+]12CCN(CC1)CC2)CCc1ccccc1.[I-].[I-].[I-].c1ccc(CCNCCCCC[N+]23CCN(CC2)CC3)cc1. The minimum absolute atomic E-state index is 0. The van der Waals surface area contributed by atoms with E-state index in [0.717, 1.165) is 38.9 Å². The monoisotopic (exact) mass is 1900 g/mol. The van der Waals surface area contributed by atoms with Gasteiger partial charge in [-0.05, 0) is 121 Å². The fourth-order valence-corrected chi connectivity index (χ4v) is 14.7. The lowest BCUT2D eigenvalue weighted by molar-refractivity contribution is -0.941. The molecule has 0 aromatic heterocycles. The van der Waals surface area contributed by atoms with Crippen LogP contribution in [0.4, 0.5) is 0 Å². The van der Waals surface area contributed by atoms with Crippen LogP contribution in [0.5, 0.6) is 0 Å². The Kier molecular flexibility index (Phi) is 48.1. The normalized spacial score (nSPS) is 25.2. The van der Waals surface area contributed by atoms with Crippen molar-refractivity contribution in [2.24, 2.45) is 32.9 Å². The van der Waals surface area contributed by atoms with Crippen LogP contribution in [0, 0.1) is 16.9 Å². The lowest BCUT2D eigenvalue weighted by Crippen LogP contribution is -3.00. The lowest BCUT2D eigenvalue weighted by atomic mass is 10.1. The van der Waals surface area contributed by atoms with Crippen LogP contribution in [-0.4, -0.2) is 277 Å². The highest BCUT2D eigenvalue weighted by Crippen LogP contribution is 2.23. The second-order valence-corrected chi connectivity index (χ2v) is 28.2. The van der Waals surface area contributed by atoms with E-state index < -0.39 is 0 Å². The lowest BCUT2D eigenvalue weighted by Gasteiger charge is -2.50. The van der Waals surface area contributed by atoms with Gasteiger partial charge in [-0.25, -0.2) is 0 Å². The Morgan fingerprint density at radius 3 is 1.12 bits per heavy atom. The number of benzene rings is 2. The van der Waals surface area contributed by atoms with Crippen molar-refractivity contribution in [2.45, 2.75) is 89.9 Å². The van der Waals surface area contributed by atoms with Crippen LogP contribution in [0.2, 0.25) is 0 Å². The van der Waals surface area contributed by atoms with E-state index in [1.165, 1.54) is 298 Å². The molecule has 0 spiro atoms. The zero-order valence-electron chi connectivity index (χ0n) is 53.7. The number of guanidine groups is 3. The first-order valence-corrected chi connectivity index (χ1v) is 37.5. The molecule has 12 saturated heterocycles. The number of nitrogens with two attached hydrogens (primary N) is 4. The number of halogens is 6. The Hall–Kier alpha value is -0.0400. The van der Waals surface area contributed by atoms with Crippen molar-refractivity contribution in [3.63, 3.8) is 0 Å². The highest BCUT2D eigenvalue weighted by atomic mass is 127. The topological polar surface area (TPSA) is 208 Å². The average Bonchev–Trinajstić information content (AvgIpc) is 1.47. The Balaban J connectivity index is 0.000000390. The molecule has 18 nitrogen and oxygen atoms in total. The maximum absolute atomic E-state index is 8.22. The van der Waals surface area contributed by atoms with Crippen molar-refractivity contribution in [3.8, 4) is 6.19 Å². The summed E-state index contributed by atoms with van der Waals surface area (Å²) in [6.45, 7) is 40.5. The van der Waals surface area contributed by atoms with Crippen LogP contribution in [0.15, 0.2) is 70.6 Å². The average molecular weight is 1900 g/mol. The van der Waals surface area contributed by atoms with Gasteiger partial charge in [0.25, 0.3) is 0 Å². The van der Waals surface area contributed by atoms with Gasteiger partial charge in [0.15, 0.2) is 5.96 Å². The second-order valence-electron chi connectivity index (χ2n) is 24.9. The molecule has 0 atom stereocenters. The predicted octanol–water partition coefficient (Wildman–Crippen LogP) is -2.67. The molecule has 8 bridgehead atoms. The number of piperazine rings is 12. The van der Waals surface area contributed by atoms with E-state index in [2.05, 4.69) is 162 Å². The maximum atomic E-state index is 8.22. The molecule has 24 heteroatoms. The molecule has 2 aromatic rings. The number of nitrogens with zero attached hydrogens (tertiary/aromatic N) is 12. The molecular weight excluding hydrogens is 1780 g/mol. The molecule has 0 unspecified atom stereocenters. The fraction of sp³-hybridized carbons (Fsp3) is 0.750. The van der Waals surface area contributed by atoms with E-state index in [0.29, 0.717) is 0 Å². The van der Waals surface area contributed by atoms with Crippen molar-refractivity contribution in [3.05, 3.63) is 71.8 Å². The van der Waals surface area contributed by atoms with Gasteiger partial charge in [0.05, 0.1) is 78.5 Å². The molecule has 2 aromatic carbocycles. The van der Waals surface area contributed by atoms with Crippen LogP contribution in [0.3, 0.4) is 0 Å². The molecule has 0 amide bonds. The Morgan fingerprint density at radius 2 is 0.795 bits per heavy atom. The summed E-state index contributed by atoms with van der Waals surface area (Å²) < 4.78 is 8.21. The molecule has 10 N–H and O–H groups in total. The van der Waals surface area contributed by atoms with Crippen molar-refractivity contribution < 1.29 is 85.4 Å². The second kappa shape index (κ2) is 50.4. The number of hydrogen-bond acceptors (Lipinski definition) is 9. The first-order valence-electron chi connectivity index (χ1n) is 33.0. The Labute approximate surface area is 626 Å². The maximum Gasteiger partial charge on any atom is 0.221 e. The zero-order chi connectivity index (χ0) is 60.7. The van der Waals surface area contributed by atoms with Crippen molar-refractivity contribution in [2.75, 3.05) is 216 Å². The molecule has 0 aliphatic carbocycles. The van der Waals surface area contributed by atoms with Gasteiger partial charge in [0.2, 0.25) is 18.1 Å². The molecule has 12 fully saturated rings. The van der Waals surface area contributed by atoms with E-state index in [-0.39, 0.29) is 89.8 Å². The van der Waals surface area contributed by atoms with E-state index >= 15 is 0 Å². The number of quaternary nitrogens is 3. The van der Waals surface area contributed by atoms with E-state index in [4.69, 9.17) is 33.6 Å². The number of rotatable bonds is 27. The number of nitrogens with one attached hydrogen (secondary N) is 2. The first kappa shape index (κ1) is 84.0. The zero-order valence-corrected chi connectivity index (χ0v) is 66.6.